The van der Waals surface area contributed by atoms with Gasteiger partial charge in [0.2, 0.25) is 25.1 Å². The number of carbonyl (C=O) groups excluding carboxylic acids is 4. The van der Waals surface area contributed by atoms with E-state index in [1.165, 1.54) is 23.9 Å². The van der Waals surface area contributed by atoms with Crippen molar-refractivity contribution < 1.29 is 28.6 Å². The molecule has 3 aromatic heterocycles. The number of amides is 4. The van der Waals surface area contributed by atoms with E-state index in [0.29, 0.717) is 27.2 Å². The second kappa shape index (κ2) is 14.9. The Morgan fingerprint density at radius 1 is 0.979 bits per heavy atom. The molecule has 0 aliphatic carbocycles. The molecule has 4 atom stereocenters. The Morgan fingerprint density at radius 3 is 2.49 bits per heavy atom. The molecule has 5 rings (SSSR count). The molecule has 0 radical (unpaired) electrons. The summed E-state index contributed by atoms with van der Waals surface area (Å²) >= 11 is 1.17. The molecule has 0 aliphatic rings. The summed E-state index contributed by atoms with van der Waals surface area (Å²) < 4.78 is 13.8. The van der Waals surface area contributed by atoms with Gasteiger partial charge in [-0.05, 0) is 40.8 Å². The van der Waals surface area contributed by atoms with Crippen LogP contribution in [0.4, 0.5) is 0 Å². The first kappa shape index (κ1) is 33.2. The van der Waals surface area contributed by atoms with Gasteiger partial charge in [0.1, 0.15) is 24.0 Å². The van der Waals surface area contributed by atoms with Crippen LogP contribution in [0.3, 0.4) is 0 Å². The molecule has 47 heavy (non-hydrogen) atoms. The van der Waals surface area contributed by atoms with E-state index in [4.69, 9.17) is 5.73 Å². The lowest BCUT2D eigenvalue weighted by Crippen LogP contribution is -2.54. The summed E-state index contributed by atoms with van der Waals surface area (Å²) in [4.78, 5) is 73.6. The molecule has 0 saturated heterocycles. The fraction of sp³-hybridized carbons (Fsp3) is 0.219. The Hall–Kier alpha value is -5.22. The van der Waals surface area contributed by atoms with E-state index in [2.05, 4.69) is 43.0 Å². The maximum absolute atomic E-state index is 13.8. The highest BCUT2D eigenvalue weighted by Gasteiger charge is 2.36. The van der Waals surface area contributed by atoms with Gasteiger partial charge in [-0.3, -0.25) is 23.7 Å². The van der Waals surface area contributed by atoms with E-state index in [0.717, 1.165) is 5.39 Å². The van der Waals surface area contributed by atoms with Gasteiger partial charge in [-0.1, -0.05) is 42.5 Å². The Morgan fingerprint density at radius 2 is 1.79 bits per heavy atom. The number of fused-ring (bicyclic) bond motifs is 1. The van der Waals surface area contributed by atoms with Gasteiger partial charge in [-0.25, -0.2) is 4.98 Å². The van der Waals surface area contributed by atoms with Crippen molar-refractivity contribution >= 4 is 53.2 Å². The molecule has 13 nitrogen and oxygen atoms in total. The Labute approximate surface area is 273 Å². The molecule has 4 amide bonds. The SMILES string of the molecule is NC(=O)[C@H](Cc1c[nH]c2c#cccc12)NC(=O)[C@H](Cc1cnc[nH]1)NC(=O)CP(=O)(O)C(Cc1ccccc1)NC(=O)c1cccs1. The monoisotopic (exact) mass is 673 g/mol. The normalized spacial score (nSPS) is 14.2. The predicted octanol–water partition coefficient (Wildman–Crippen LogP) is 2.06. The summed E-state index contributed by atoms with van der Waals surface area (Å²) in [6.07, 6.45) is 3.63. The van der Waals surface area contributed by atoms with Gasteiger partial charge in [0.25, 0.3) is 5.91 Å². The highest BCUT2D eigenvalue weighted by Crippen LogP contribution is 2.46. The molecule has 2 unspecified atom stereocenters. The molecule has 8 N–H and O–H groups in total. The van der Waals surface area contributed by atoms with Crippen LogP contribution in [-0.4, -0.2) is 67.5 Å². The van der Waals surface area contributed by atoms with Crippen molar-refractivity contribution in [2.75, 3.05) is 6.16 Å². The second-order valence-corrected chi connectivity index (χ2v) is 14.2. The summed E-state index contributed by atoms with van der Waals surface area (Å²) in [5.74, 6) is -4.28. The number of thiophene rings is 1. The lowest BCUT2D eigenvalue weighted by atomic mass is 10.0. The van der Waals surface area contributed by atoms with Gasteiger partial charge in [0.15, 0.2) is 0 Å². The van der Waals surface area contributed by atoms with Crippen molar-refractivity contribution in [3.05, 3.63) is 113 Å². The van der Waals surface area contributed by atoms with E-state index in [1.54, 1.807) is 66.2 Å². The summed E-state index contributed by atoms with van der Waals surface area (Å²) in [7, 11) is -4.42. The topological polar surface area (TPSA) is 212 Å². The molecule has 0 saturated carbocycles. The largest absolute Gasteiger partial charge is 0.368 e. The molecule has 5 aromatic rings. The minimum absolute atomic E-state index is 0.0129. The number of hydrogen-bond acceptors (Lipinski definition) is 7. The van der Waals surface area contributed by atoms with Crippen molar-refractivity contribution in [2.24, 2.45) is 5.73 Å². The molecule has 0 aliphatic heterocycles. The Balaban J connectivity index is 1.31. The van der Waals surface area contributed by atoms with E-state index in [9.17, 15) is 28.6 Å². The lowest BCUT2D eigenvalue weighted by molar-refractivity contribution is -0.130. The zero-order chi connectivity index (χ0) is 33.4. The fourth-order valence-corrected chi connectivity index (χ4v) is 7.20. The summed E-state index contributed by atoms with van der Waals surface area (Å²) in [5, 5.41) is 10.3. The van der Waals surface area contributed by atoms with E-state index in [-0.39, 0.29) is 19.3 Å². The average Bonchev–Trinajstić information content (AvgIpc) is 3.84. The quantitative estimate of drug-likeness (QED) is 0.0822. The highest BCUT2D eigenvalue weighted by atomic mass is 32.1. The van der Waals surface area contributed by atoms with Crippen LogP contribution < -0.4 is 21.7 Å². The van der Waals surface area contributed by atoms with Crippen molar-refractivity contribution in [3.8, 4) is 0 Å². The van der Waals surface area contributed by atoms with Crippen LogP contribution in [0.1, 0.15) is 26.5 Å². The van der Waals surface area contributed by atoms with Crippen LogP contribution in [0.15, 0.2) is 78.7 Å². The van der Waals surface area contributed by atoms with Gasteiger partial charge in [0, 0.05) is 42.7 Å². The van der Waals surface area contributed by atoms with Crippen LogP contribution in [0.2, 0.25) is 0 Å². The number of nitrogens with zero attached hydrogens (tertiary/aromatic N) is 1. The van der Waals surface area contributed by atoms with Gasteiger partial charge >= 0.3 is 0 Å². The summed E-state index contributed by atoms with van der Waals surface area (Å²) in [6, 6.07) is 18.9. The zero-order valence-corrected chi connectivity index (χ0v) is 26.6. The van der Waals surface area contributed by atoms with Crippen molar-refractivity contribution in [2.45, 2.75) is 37.1 Å². The summed E-state index contributed by atoms with van der Waals surface area (Å²) in [6.45, 7) is 0. The molecular formula is C32H32N7O6PS. The zero-order valence-electron chi connectivity index (χ0n) is 24.9. The number of aromatic amines is 2. The Kier molecular flexibility index (Phi) is 10.5. The highest BCUT2D eigenvalue weighted by molar-refractivity contribution is 7.59. The number of H-pyrrole nitrogens is 2. The number of aromatic nitrogens is 3. The number of hydrogen-bond donors (Lipinski definition) is 7. The maximum Gasteiger partial charge on any atom is 0.262 e. The number of imidazole rings is 1. The van der Waals surface area contributed by atoms with Crippen molar-refractivity contribution in [1.82, 2.24) is 30.9 Å². The van der Waals surface area contributed by atoms with Crippen LogP contribution in [-0.2, 0) is 38.2 Å². The lowest BCUT2D eigenvalue weighted by Gasteiger charge is -2.25. The predicted molar refractivity (Wildman–Crippen MR) is 175 cm³/mol. The van der Waals surface area contributed by atoms with Crippen LogP contribution in [0.5, 0.6) is 0 Å². The van der Waals surface area contributed by atoms with E-state index >= 15 is 0 Å². The van der Waals surface area contributed by atoms with Crippen molar-refractivity contribution in [1.29, 1.82) is 0 Å². The third-order valence-corrected chi connectivity index (χ3v) is 10.3. The fourth-order valence-electron chi connectivity index (χ4n) is 5.04. The third-order valence-electron chi connectivity index (χ3n) is 7.42. The summed E-state index contributed by atoms with van der Waals surface area (Å²) in [5.41, 5.74) is 8.20. The van der Waals surface area contributed by atoms with Crippen LogP contribution in [0, 0.1) is 12.1 Å². The number of benzene rings is 1. The molecule has 15 heteroatoms. The molecule has 0 fully saturated rings. The number of nitrogens with one attached hydrogen (secondary N) is 5. The minimum atomic E-state index is -4.42. The first-order valence-electron chi connectivity index (χ1n) is 14.5. The van der Waals surface area contributed by atoms with Gasteiger partial charge in [-0.15, -0.1) is 11.3 Å². The molecule has 0 spiro atoms. The smallest absolute Gasteiger partial charge is 0.262 e. The second-order valence-electron chi connectivity index (χ2n) is 10.8. The van der Waals surface area contributed by atoms with Gasteiger partial charge in [0.05, 0.1) is 16.7 Å². The standard InChI is InChI=1S/C32H32N7O6PS/c33-30(41)25(14-21-16-35-24-10-5-4-9-23(21)24)38-31(42)26(15-22-17-34-19-36-22)37-28(40)18-46(44,45)29(13-20-7-2-1-3-8-20)39-32(43)27-11-6-12-47-27/h1-4,6-9,11-12,16-17,19,25-26,29,35H,13-15,18H2,(H2,33,41)(H,34,36)(H,37,40)(H,38,42)(H,39,43)(H,44,45)/t25-,26-,29?/m0/s1. The van der Waals surface area contributed by atoms with E-state index < -0.39 is 55.0 Å². The first-order chi connectivity index (χ1) is 22.6. The maximum atomic E-state index is 13.8. The molecule has 2 aromatic carbocycles. The van der Waals surface area contributed by atoms with Crippen molar-refractivity contribution in [3.63, 3.8) is 0 Å². The number of nitrogens with two attached hydrogens (primary N) is 1. The minimum Gasteiger partial charge on any atom is -0.368 e. The molecule has 242 valence electrons. The average molecular weight is 674 g/mol. The number of rotatable bonds is 15. The number of primary amides is 1. The first-order valence-corrected chi connectivity index (χ1v) is 17.3. The van der Waals surface area contributed by atoms with Crippen LogP contribution >= 0.6 is 18.7 Å². The molecular weight excluding hydrogens is 641 g/mol. The molecule has 3 heterocycles. The van der Waals surface area contributed by atoms with Crippen LogP contribution in [0.25, 0.3) is 10.9 Å². The molecule has 0 bridgehead atoms. The number of carbonyl (C=O) groups is 4. The van der Waals surface area contributed by atoms with Gasteiger partial charge < -0.3 is 36.5 Å². The van der Waals surface area contributed by atoms with E-state index in [1.807, 2.05) is 0 Å². The third kappa shape index (κ3) is 8.74. The van der Waals surface area contributed by atoms with Gasteiger partial charge in [-0.2, -0.15) is 0 Å². The Bertz CT molecular complexity index is 1880.